The van der Waals surface area contributed by atoms with E-state index in [-0.39, 0.29) is 6.61 Å². The molecule has 0 aliphatic carbocycles. The van der Waals surface area contributed by atoms with Crippen molar-refractivity contribution >= 4 is 16.5 Å². The highest BCUT2D eigenvalue weighted by Crippen LogP contribution is 1.96. The Hall–Kier alpha value is -1.32. The Morgan fingerprint density at radius 3 is 3.12 bits per heavy atom. The number of nitrogens with zero attached hydrogens (tertiary/aromatic N) is 1. The van der Waals surface area contributed by atoms with E-state index in [4.69, 9.17) is 0 Å². The summed E-state index contributed by atoms with van der Waals surface area (Å²) >= 11 is 0. The summed E-state index contributed by atoms with van der Waals surface area (Å²) in [6.45, 7) is 0.813. The van der Waals surface area contributed by atoms with E-state index in [1.807, 2.05) is 0 Å². The van der Waals surface area contributed by atoms with Crippen LogP contribution in [0.2, 0.25) is 0 Å². The van der Waals surface area contributed by atoms with E-state index < -0.39 is 10.1 Å². The molecule has 0 fully saturated rings. The van der Waals surface area contributed by atoms with Gasteiger partial charge in [-0.25, -0.2) is 4.99 Å². The van der Waals surface area contributed by atoms with Gasteiger partial charge in [0.1, 0.15) is 0 Å². The van der Waals surface area contributed by atoms with Crippen LogP contribution in [-0.4, -0.2) is 34.2 Å². The molecule has 0 spiro atoms. The second-order valence-corrected chi connectivity index (χ2v) is 4.82. The van der Waals surface area contributed by atoms with Gasteiger partial charge in [0.25, 0.3) is 10.1 Å². The van der Waals surface area contributed by atoms with Crippen LogP contribution in [0.15, 0.2) is 16.8 Å². The maximum atomic E-state index is 10.6. The fourth-order valence-electron chi connectivity index (χ4n) is 0.960. The first-order chi connectivity index (χ1) is 7.58. The average molecular weight is 241 g/mol. The van der Waals surface area contributed by atoms with Crippen LogP contribution < -0.4 is 5.32 Å². The van der Waals surface area contributed by atoms with E-state index in [9.17, 15) is 8.42 Å². The van der Waals surface area contributed by atoms with Crippen LogP contribution in [-0.2, 0) is 14.3 Å². The van der Waals surface area contributed by atoms with Gasteiger partial charge in [0.05, 0.1) is 19.4 Å². The third kappa shape index (κ3) is 6.22. The van der Waals surface area contributed by atoms with E-state index in [1.165, 1.54) is 0 Å². The summed E-state index contributed by atoms with van der Waals surface area (Å²) in [7, 11) is -3.32. The fraction of sp³-hybridized carbons (Fsp3) is 0.500. The van der Waals surface area contributed by atoms with Gasteiger partial charge in [-0.2, -0.15) is 8.42 Å². The van der Waals surface area contributed by atoms with Gasteiger partial charge in [0, 0.05) is 18.2 Å². The smallest absolute Gasteiger partial charge is 0.264 e. The van der Waals surface area contributed by atoms with E-state index in [2.05, 4.69) is 32.7 Å². The topological polar surface area (TPSA) is 67.8 Å². The number of aliphatic imine (C=N–C) groups is 1. The molecule has 16 heavy (non-hydrogen) atoms. The zero-order valence-electron chi connectivity index (χ0n) is 8.99. The Morgan fingerprint density at radius 2 is 2.50 bits per heavy atom. The Bertz CT molecular complexity index is 440. The van der Waals surface area contributed by atoms with Crippen LogP contribution in [0.3, 0.4) is 0 Å². The summed E-state index contributed by atoms with van der Waals surface area (Å²) in [4.78, 5) is 3.78. The van der Waals surface area contributed by atoms with Crippen LogP contribution in [0.1, 0.15) is 12.8 Å². The Kier molecular flexibility index (Phi) is 5.02. The van der Waals surface area contributed by atoms with E-state index in [1.54, 1.807) is 6.20 Å². The van der Waals surface area contributed by atoms with Crippen molar-refractivity contribution in [1.82, 2.24) is 5.32 Å². The van der Waals surface area contributed by atoms with Gasteiger partial charge in [0.2, 0.25) is 0 Å². The van der Waals surface area contributed by atoms with E-state index >= 15 is 0 Å². The number of rotatable bonds is 4. The molecule has 0 aromatic rings. The van der Waals surface area contributed by atoms with E-state index in [0.717, 1.165) is 11.8 Å². The summed E-state index contributed by atoms with van der Waals surface area (Å²) in [5.74, 6) is 5.85. The summed E-state index contributed by atoms with van der Waals surface area (Å²) in [5, 5.41) is 2.82. The molecular formula is C10H13N2O3S. The predicted molar refractivity (Wildman–Crippen MR) is 61.3 cm³/mol. The number of hydrogen-bond donors (Lipinski definition) is 1. The minimum Gasteiger partial charge on any atom is -0.362 e. The lowest BCUT2D eigenvalue weighted by molar-refractivity contribution is 0.317. The highest BCUT2D eigenvalue weighted by molar-refractivity contribution is 7.85. The molecule has 0 aromatic carbocycles. The van der Waals surface area contributed by atoms with Gasteiger partial charge >= 0.3 is 0 Å². The van der Waals surface area contributed by atoms with Crippen molar-refractivity contribution in [3.05, 3.63) is 11.8 Å². The van der Waals surface area contributed by atoms with Crippen LogP contribution in [0.4, 0.5) is 0 Å². The number of hydrogen-bond acceptors (Lipinski definition) is 5. The van der Waals surface area contributed by atoms with Gasteiger partial charge in [-0.05, 0) is 6.42 Å². The molecule has 0 saturated carbocycles. The summed E-state index contributed by atoms with van der Waals surface area (Å²) in [6, 6.07) is 0. The standard InChI is InChI=1S/C10H13N2O3S/c1-16(13,14)15-6-4-2-3-5-10-7-11-9-12-8-10/h7H,2,4,6,8H2,1H3,(H,11,12). The Balaban J connectivity index is 2.18. The monoisotopic (exact) mass is 241 g/mol. The van der Waals surface area contributed by atoms with E-state index in [0.29, 0.717) is 19.4 Å². The first-order valence-corrected chi connectivity index (χ1v) is 6.59. The van der Waals surface area contributed by atoms with Crippen molar-refractivity contribution in [3.63, 3.8) is 0 Å². The number of nitrogens with one attached hydrogen (secondary N) is 1. The van der Waals surface area contributed by atoms with Crippen LogP contribution in [0.25, 0.3) is 0 Å². The van der Waals surface area contributed by atoms with Crippen molar-refractivity contribution in [2.45, 2.75) is 12.8 Å². The lowest BCUT2D eigenvalue weighted by Gasteiger charge is -2.01. The lowest BCUT2D eigenvalue weighted by Crippen LogP contribution is -2.16. The second kappa shape index (κ2) is 6.30. The molecule has 0 amide bonds. The molecule has 0 saturated heterocycles. The SMILES string of the molecule is CS(=O)(=O)OCCCC#CC1=CN=[C]NC1. The highest BCUT2D eigenvalue weighted by Gasteiger charge is 1.99. The van der Waals surface area contributed by atoms with Crippen LogP contribution in [0.5, 0.6) is 0 Å². The van der Waals surface area contributed by atoms with Crippen LogP contribution in [0, 0.1) is 11.8 Å². The summed E-state index contributed by atoms with van der Waals surface area (Å²) in [5.41, 5.74) is 0.891. The van der Waals surface area contributed by atoms with Gasteiger partial charge < -0.3 is 5.32 Å². The first-order valence-electron chi connectivity index (χ1n) is 4.78. The molecule has 1 rings (SSSR count). The van der Waals surface area contributed by atoms with Gasteiger partial charge in [-0.1, -0.05) is 11.8 Å². The zero-order chi connectivity index (χ0) is 11.9. The Morgan fingerprint density at radius 1 is 1.69 bits per heavy atom. The summed E-state index contributed by atoms with van der Waals surface area (Å²) < 4.78 is 25.8. The minimum atomic E-state index is -3.32. The summed E-state index contributed by atoms with van der Waals surface area (Å²) in [6.07, 6.45) is 6.46. The van der Waals surface area contributed by atoms with Gasteiger partial charge in [-0.15, -0.1) is 0 Å². The maximum Gasteiger partial charge on any atom is 0.264 e. The second-order valence-electron chi connectivity index (χ2n) is 3.18. The Labute approximate surface area is 95.7 Å². The molecule has 5 nitrogen and oxygen atoms in total. The fourth-order valence-corrected chi connectivity index (χ4v) is 1.38. The minimum absolute atomic E-state index is 0.177. The van der Waals surface area contributed by atoms with Crippen LogP contribution >= 0.6 is 0 Å². The zero-order valence-corrected chi connectivity index (χ0v) is 9.80. The largest absolute Gasteiger partial charge is 0.362 e. The third-order valence-electron chi connectivity index (χ3n) is 1.64. The first kappa shape index (κ1) is 12.7. The molecule has 6 heteroatoms. The third-order valence-corrected chi connectivity index (χ3v) is 2.23. The molecule has 87 valence electrons. The lowest BCUT2D eigenvalue weighted by atomic mass is 10.2. The van der Waals surface area contributed by atoms with Gasteiger partial charge in [-0.3, -0.25) is 4.18 Å². The van der Waals surface area contributed by atoms with Crippen molar-refractivity contribution in [3.8, 4) is 11.8 Å². The van der Waals surface area contributed by atoms with Crippen molar-refractivity contribution in [2.75, 3.05) is 19.4 Å². The molecule has 0 atom stereocenters. The van der Waals surface area contributed by atoms with Crippen molar-refractivity contribution in [1.29, 1.82) is 0 Å². The van der Waals surface area contributed by atoms with Crippen molar-refractivity contribution < 1.29 is 12.6 Å². The molecule has 0 unspecified atom stereocenters. The highest BCUT2D eigenvalue weighted by atomic mass is 32.2. The molecule has 1 aliphatic heterocycles. The normalized spacial score (nSPS) is 14.7. The molecule has 1 radical (unpaired) electrons. The number of unbranched alkanes of at least 4 members (excludes halogenated alkanes) is 1. The maximum absolute atomic E-state index is 10.6. The quantitative estimate of drug-likeness (QED) is 0.432. The molecule has 1 N–H and O–H groups in total. The predicted octanol–water partition coefficient (Wildman–Crippen LogP) is 0.139. The molecule has 1 heterocycles. The molecule has 0 aromatic heterocycles. The molecule has 1 aliphatic rings. The molecule has 0 bridgehead atoms. The average Bonchev–Trinajstić information content (AvgIpc) is 2.23. The molecular weight excluding hydrogens is 228 g/mol. The van der Waals surface area contributed by atoms with Gasteiger partial charge in [0.15, 0.2) is 6.34 Å². The van der Waals surface area contributed by atoms with Crippen molar-refractivity contribution in [2.24, 2.45) is 4.99 Å².